The highest BCUT2D eigenvalue weighted by Crippen LogP contribution is 2.33. The van der Waals surface area contributed by atoms with Gasteiger partial charge in [0.25, 0.3) is 5.91 Å². The molecule has 1 saturated heterocycles. The number of amides is 2. The zero-order chi connectivity index (χ0) is 19.6. The fourth-order valence-electron chi connectivity index (χ4n) is 2.65. The van der Waals surface area contributed by atoms with Crippen LogP contribution in [0.25, 0.3) is 0 Å². The highest BCUT2D eigenvalue weighted by atomic mass is 35.5. The minimum absolute atomic E-state index is 0.0359. The first kappa shape index (κ1) is 19.2. The van der Waals surface area contributed by atoms with E-state index >= 15 is 0 Å². The molecule has 0 bridgehead atoms. The van der Waals surface area contributed by atoms with Crippen molar-refractivity contribution in [3.63, 3.8) is 0 Å². The van der Waals surface area contributed by atoms with E-state index in [1.807, 2.05) is 0 Å². The number of nitrogens with zero attached hydrogens (tertiary/aromatic N) is 2. The maximum absolute atomic E-state index is 12.3. The van der Waals surface area contributed by atoms with E-state index in [1.165, 1.54) is 11.0 Å². The summed E-state index contributed by atoms with van der Waals surface area (Å²) in [6.45, 7) is 1.28. The third-order valence-corrected chi connectivity index (χ3v) is 4.45. The molecule has 1 aromatic heterocycles. The number of aromatic nitrogens is 1. The van der Waals surface area contributed by atoms with E-state index in [9.17, 15) is 14.4 Å². The van der Waals surface area contributed by atoms with Crippen molar-refractivity contribution < 1.29 is 23.6 Å². The van der Waals surface area contributed by atoms with Crippen molar-refractivity contribution in [2.45, 2.75) is 13.3 Å². The van der Waals surface area contributed by atoms with E-state index < -0.39 is 24.4 Å². The predicted octanol–water partition coefficient (Wildman–Crippen LogP) is 2.82. The average Bonchev–Trinajstić information content (AvgIpc) is 3.20. The van der Waals surface area contributed by atoms with Gasteiger partial charge in [-0.1, -0.05) is 28.4 Å². The normalized spacial score (nSPS) is 16.5. The molecule has 2 aromatic rings. The molecule has 10 heteroatoms. The summed E-state index contributed by atoms with van der Waals surface area (Å²) in [6.07, 6.45) is -0.0359. The number of aryl methyl sites for hydroxylation is 1. The van der Waals surface area contributed by atoms with Crippen LogP contribution < -0.4 is 10.2 Å². The molecule has 1 aliphatic rings. The predicted molar refractivity (Wildman–Crippen MR) is 97.8 cm³/mol. The molecular formula is C17H15Cl2N3O5. The molecule has 0 unspecified atom stereocenters. The zero-order valence-corrected chi connectivity index (χ0v) is 15.7. The Morgan fingerprint density at radius 2 is 2.15 bits per heavy atom. The third-order valence-electron chi connectivity index (χ3n) is 3.90. The lowest BCUT2D eigenvalue weighted by Crippen LogP contribution is -2.28. The van der Waals surface area contributed by atoms with Crippen LogP contribution in [-0.4, -0.2) is 36.1 Å². The van der Waals surface area contributed by atoms with Crippen molar-refractivity contribution >= 4 is 52.5 Å². The summed E-state index contributed by atoms with van der Waals surface area (Å²) in [6, 6.07) is 6.27. The molecule has 1 atom stereocenters. The molecule has 0 radical (unpaired) electrons. The number of ether oxygens (including phenoxy) is 1. The van der Waals surface area contributed by atoms with E-state index in [-0.39, 0.29) is 24.7 Å². The lowest BCUT2D eigenvalue weighted by atomic mass is 10.1. The average molecular weight is 412 g/mol. The summed E-state index contributed by atoms with van der Waals surface area (Å²) in [5.41, 5.74) is 0.434. The number of hydrogen-bond donors (Lipinski definition) is 1. The van der Waals surface area contributed by atoms with Gasteiger partial charge in [-0.15, -0.1) is 0 Å². The minimum atomic E-state index is -0.699. The number of hydrogen-bond acceptors (Lipinski definition) is 6. The van der Waals surface area contributed by atoms with Crippen LogP contribution >= 0.6 is 23.2 Å². The molecule has 3 rings (SSSR count). The third kappa shape index (κ3) is 4.58. The van der Waals surface area contributed by atoms with Gasteiger partial charge >= 0.3 is 5.97 Å². The molecule has 0 aliphatic carbocycles. The highest BCUT2D eigenvalue weighted by molar-refractivity contribution is 6.35. The van der Waals surface area contributed by atoms with E-state index in [0.29, 0.717) is 21.5 Å². The lowest BCUT2D eigenvalue weighted by Gasteiger charge is -2.18. The van der Waals surface area contributed by atoms with Gasteiger partial charge in [-0.05, 0) is 25.1 Å². The molecule has 142 valence electrons. The Morgan fingerprint density at radius 1 is 1.37 bits per heavy atom. The number of halogens is 2. The number of anilines is 2. The van der Waals surface area contributed by atoms with Gasteiger partial charge in [0, 0.05) is 24.1 Å². The van der Waals surface area contributed by atoms with E-state index in [2.05, 4.69) is 10.5 Å². The van der Waals surface area contributed by atoms with E-state index in [4.69, 9.17) is 32.5 Å². The first-order chi connectivity index (χ1) is 12.8. The van der Waals surface area contributed by atoms with Crippen LogP contribution in [0.3, 0.4) is 0 Å². The number of esters is 1. The van der Waals surface area contributed by atoms with Crippen molar-refractivity contribution in [1.29, 1.82) is 0 Å². The molecule has 27 heavy (non-hydrogen) atoms. The number of benzene rings is 1. The van der Waals surface area contributed by atoms with Gasteiger partial charge in [0.05, 0.1) is 16.6 Å². The lowest BCUT2D eigenvalue weighted by molar-refractivity contribution is -0.151. The standard InChI is InChI=1S/C17H15Cl2N3O5/c1-9-4-14(21-27-9)20-15(23)8-26-17(25)10-5-16(24)22(7-10)13-6-11(18)2-3-12(13)19/h2-4,6,10H,5,7-8H2,1H3,(H,20,21,23)/t10-/m1/s1. The molecule has 1 aromatic carbocycles. The van der Waals surface area contributed by atoms with Crippen LogP contribution in [-0.2, 0) is 19.1 Å². The van der Waals surface area contributed by atoms with Crippen molar-refractivity contribution in [1.82, 2.24) is 5.16 Å². The quantitative estimate of drug-likeness (QED) is 0.758. The first-order valence-corrected chi connectivity index (χ1v) is 8.74. The number of carbonyl (C=O) groups excluding carboxylic acids is 3. The van der Waals surface area contributed by atoms with Gasteiger partial charge in [-0.2, -0.15) is 0 Å². The highest BCUT2D eigenvalue weighted by Gasteiger charge is 2.37. The summed E-state index contributed by atoms with van der Waals surface area (Å²) in [7, 11) is 0. The largest absolute Gasteiger partial charge is 0.455 e. The second kappa shape index (κ2) is 7.98. The van der Waals surface area contributed by atoms with E-state index in [0.717, 1.165) is 0 Å². The van der Waals surface area contributed by atoms with Crippen LogP contribution in [0.2, 0.25) is 10.0 Å². The minimum Gasteiger partial charge on any atom is -0.455 e. The summed E-state index contributed by atoms with van der Waals surface area (Å²) >= 11 is 12.1. The Bertz CT molecular complexity index is 898. The summed E-state index contributed by atoms with van der Waals surface area (Å²) in [4.78, 5) is 37.6. The summed E-state index contributed by atoms with van der Waals surface area (Å²) in [5.74, 6) is -1.41. The van der Waals surface area contributed by atoms with Gasteiger partial charge in [-0.3, -0.25) is 14.4 Å². The molecule has 2 amide bonds. The van der Waals surface area contributed by atoms with Gasteiger partial charge < -0.3 is 19.5 Å². The van der Waals surface area contributed by atoms with Gasteiger partial charge in [-0.25, -0.2) is 0 Å². The van der Waals surface area contributed by atoms with Crippen LogP contribution in [0.1, 0.15) is 12.2 Å². The monoisotopic (exact) mass is 411 g/mol. The molecule has 1 N–H and O–H groups in total. The van der Waals surface area contributed by atoms with Gasteiger partial charge in [0.15, 0.2) is 12.4 Å². The number of rotatable bonds is 5. The topological polar surface area (TPSA) is 102 Å². The summed E-state index contributed by atoms with van der Waals surface area (Å²) in [5, 5.41) is 6.82. The molecule has 1 fully saturated rings. The van der Waals surface area contributed by atoms with Crippen LogP contribution in [0.5, 0.6) is 0 Å². The van der Waals surface area contributed by atoms with Crippen molar-refractivity contribution in [3.05, 3.63) is 40.1 Å². The number of carbonyl (C=O) groups is 3. The molecule has 8 nitrogen and oxygen atoms in total. The smallest absolute Gasteiger partial charge is 0.311 e. The number of nitrogens with one attached hydrogen (secondary N) is 1. The molecule has 0 spiro atoms. The molecule has 0 saturated carbocycles. The molecular weight excluding hydrogens is 397 g/mol. The maximum atomic E-state index is 12.3. The van der Waals surface area contributed by atoms with Crippen molar-refractivity contribution in [3.8, 4) is 0 Å². The zero-order valence-electron chi connectivity index (χ0n) is 14.2. The van der Waals surface area contributed by atoms with Crippen LogP contribution in [0.15, 0.2) is 28.8 Å². The second-order valence-corrected chi connectivity index (χ2v) is 6.82. The van der Waals surface area contributed by atoms with E-state index in [1.54, 1.807) is 25.1 Å². The Hall–Kier alpha value is -2.58. The second-order valence-electron chi connectivity index (χ2n) is 5.98. The Labute approximate surface area is 164 Å². The van der Waals surface area contributed by atoms with Crippen molar-refractivity contribution in [2.75, 3.05) is 23.4 Å². The molecule has 1 aliphatic heterocycles. The Morgan fingerprint density at radius 3 is 2.85 bits per heavy atom. The van der Waals surface area contributed by atoms with Crippen LogP contribution in [0.4, 0.5) is 11.5 Å². The van der Waals surface area contributed by atoms with Crippen molar-refractivity contribution in [2.24, 2.45) is 5.92 Å². The fourth-order valence-corrected chi connectivity index (χ4v) is 3.04. The Balaban J connectivity index is 1.56. The van der Waals surface area contributed by atoms with Gasteiger partial charge in [0.2, 0.25) is 5.91 Å². The first-order valence-electron chi connectivity index (χ1n) is 7.98. The maximum Gasteiger partial charge on any atom is 0.311 e. The Kier molecular flexibility index (Phi) is 5.67. The molecule has 2 heterocycles. The van der Waals surface area contributed by atoms with Crippen LogP contribution in [0, 0.1) is 12.8 Å². The van der Waals surface area contributed by atoms with Gasteiger partial charge in [0.1, 0.15) is 5.76 Å². The SMILES string of the molecule is Cc1cc(NC(=O)COC(=O)[C@@H]2CC(=O)N(c3cc(Cl)ccc3Cl)C2)no1. The fraction of sp³-hybridized carbons (Fsp3) is 0.294. The summed E-state index contributed by atoms with van der Waals surface area (Å²) < 4.78 is 9.83.